The van der Waals surface area contributed by atoms with E-state index in [1.807, 2.05) is 23.9 Å². The van der Waals surface area contributed by atoms with E-state index >= 15 is 0 Å². The van der Waals surface area contributed by atoms with Crippen molar-refractivity contribution in [2.45, 2.75) is 19.4 Å². The summed E-state index contributed by atoms with van der Waals surface area (Å²) in [5.74, 6) is 1.07. The van der Waals surface area contributed by atoms with Crippen LogP contribution in [0.1, 0.15) is 18.9 Å². The summed E-state index contributed by atoms with van der Waals surface area (Å²) < 4.78 is 0. The van der Waals surface area contributed by atoms with Gasteiger partial charge in [-0.2, -0.15) is 17.0 Å². The Balaban J connectivity index is 2.74. The van der Waals surface area contributed by atoms with Crippen molar-refractivity contribution in [3.63, 3.8) is 0 Å². The van der Waals surface area contributed by atoms with Gasteiger partial charge in [-0.3, -0.25) is 0 Å². The average Bonchev–Trinajstić information content (AvgIpc) is 2.28. The lowest BCUT2D eigenvalue weighted by Gasteiger charge is -2.17. The predicted octanol–water partition coefficient (Wildman–Crippen LogP) is 2.69. The number of nitriles is 1. The summed E-state index contributed by atoms with van der Waals surface area (Å²) >= 11 is 1.82. The minimum Gasteiger partial charge on any atom is -0.398 e. The standard InChI is InChI=1S/C12H17N3S/c1-3-10(8-16-2)15-11-5-4-9(7-13)12(14)6-11/h4-6,10,15H,3,8,14H2,1-2H3. The number of thioether (sulfide) groups is 1. The van der Waals surface area contributed by atoms with Gasteiger partial charge in [0.15, 0.2) is 0 Å². The van der Waals surface area contributed by atoms with Crippen LogP contribution >= 0.6 is 11.8 Å². The molecule has 0 aliphatic carbocycles. The lowest BCUT2D eigenvalue weighted by Crippen LogP contribution is -2.21. The van der Waals surface area contributed by atoms with Crippen molar-refractivity contribution in [3.8, 4) is 6.07 Å². The Kier molecular flexibility index (Phi) is 5.00. The van der Waals surface area contributed by atoms with Crippen LogP contribution in [0.25, 0.3) is 0 Å². The first-order valence-electron chi connectivity index (χ1n) is 5.26. The molecule has 0 aliphatic heterocycles. The fourth-order valence-electron chi connectivity index (χ4n) is 1.45. The molecule has 16 heavy (non-hydrogen) atoms. The van der Waals surface area contributed by atoms with E-state index in [0.717, 1.165) is 17.9 Å². The van der Waals surface area contributed by atoms with Gasteiger partial charge in [0.25, 0.3) is 0 Å². The van der Waals surface area contributed by atoms with Crippen LogP contribution in [0.3, 0.4) is 0 Å². The minimum absolute atomic E-state index is 0.447. The molecule has 3 nitrogen and oxygen atoms in total. The number of nitrogens with zero attached hydrogens (tertiary/aromatic N) is 1. The van der Waals surface area contributed by atoms with E-state index in [0.29, 0.717) is 17.3 Å². The van der Waals surface area contributed by atoms with Gasteiger partial charge in [0, 0.05) is 17.5 Å². The second-order valence-electron chi connectivity index (χ2n) is 3.62. The second kappa shape index (κ2) is 6.29. The molecule has 0 radical (unpaired) electrons. The van der Waals surface area contributed by atoms with Gasteiger partial charge in [0.2, 0.25) is 0 Å². The van der Waals surface area contributed by atoms with E-state index < -0.39 is 0 Å². The Morgan fingerprint density at radius 1 is 1.56 bits per heavy atom. The lowest BCUT2D eigenvalue weighted by molar-refractivity contribution is 0.775. The molecule has 1 unspecified atom stereocenters. The van der Waals surface area contributed by atoms with Crippen molar-refractivity contribution < 1.29 is 0 Å². The quantitative estimate of drug-likeness (QED) is 0.770. The van der Waals surface area contributed by atoms with Gasteiger partial charge >= 0.3 is 0 Å². The van der Waals surface area contributed by atoms with Crippen molar-refractivity contribution in [1.82, 2.24) is 0 Å². The number of benzene rings is 1. The van der Waals surface area contributed by atoms with Gasteiger partial charge in [0.1, 0.15) is 6.07 Å². The molecule has 1 aromatic carbocycles. The summed E-state index contributed by atoms with van der Waals surface area (Å²) in [6, 6.07) is 7.98. The Morgan fingerprint density at radius 2 is 2.31 bits per heavy atom. The number of nitrogen functional groups attached to an aromatic ring is 1. The Bertz CT molecular complexity index is 384. The van der Waals surface area contributed by atoms with Crippen molar-refractivity contribution in [3.05, 3.63) is 23.8 Å². The molecule has 0 bridgehead atoms. The van der Waals surface area contributed by atoms with E-state index in [4.69, 9.17) is 11.0 Å². The van der Waals surface area contributed by atoms with Gasteiger partial charge in [-0.25, -0.2) is 0 Å². The van der Waals surface area contributed by atoms with Crippen LogP contribution < -0.4 is 11.1 Å². The molecule has 0 fully saturated rings. The topological polar surface area (TPSA) is 61.8 Å². The smallest absolute Gasteiger partial charge is 0.101 e. The molecular weight excluding hydrogens is 218 g/mol. The van der Waals surface area contributed by atoms with Gasteiger partial charge in [-0.15, -0.1) is 0 Å². The summed E-state index contributed by atoms with van der Waals surface area (Å²) in [4.78, 5) is 0. The Labute approximate surface area is 101 Å². The fourth-order valence-corrected chi connectivity index (χ4v) is 2.17. The zero-order valence-electron chi connectivity index (χ0n) is 9.66. The van der Waals surface area contributed by atoms with Crippen molar-refractivity contribution in [2.24, 2.45) is 0 Å². The first kappa shape index (κ1) is 12.7. The van der Waals surface area contributed by atoms with Gasteiger partial charge in [0.05, 0.1) is 11.3 Å². The summed E-state index contributed by atoms with van der Waals surface area (Å²) in [6.45, 7) is 2.15. The molecule has 4 heteroatoms. The molecule has 86 valence electrons. The minimum atomic E-state index is 0.447. The molecule has 1 atom stereocenters. The largest absolute Gasteiger partial charge is 0.398 e. The number of nitrogens with two attached hydrogens (primary N) is 1. The highest BCUT2D eigenvalue weighted by molar-refractivity contribution is 7.98. The zero-order valence-corrected chi connectivity index (χ0v) is 10.5. The summed E-state index contributed by atoms with van der Waals surface area (Å²) in [5, 5.41) is 12.2. The Morgan fingerprint density at radius 3 is 2.81 bits per heavy atom. The SMILES string of the molecule is CCC(CSC)Nc1ccc(C#N)c(N)c1. The molecule has 0 heterocycles. The number of hydrogen-bond acceptors (Lipinski definition) is 4. The van der Waals surface area contributed by atoms with E-state index in [9.17, 15) is 0 Å². The van der Waals surface area contributed by atoms with Crippen LogP contribution in [0, 0.1) is 11.3 Å². The highest BCUT2D eigenvalue weighted by Gasteiger charge is 2.06. The molecule has 1 aromatic rings. The third-order valence-corrected chi connectivity index (χ3v) is 3.14. The van der Waals surface area contributed by atoms with Gasteiger partial charge in [-0.05, 0) is 30.9 Å². The molecule has 1 rings (SSSR count). The number of rotatable bonds is 5. The molecule has 0 aromatic heterocycles. The van der Waals surface area contributed by atoms with Crippen LogP contribution in [-0.4, -0.2) is 18.1 Å². The van der Waals surface area contributed by atoms with E-state index in [1.165, 1.54) is 0 Å². The molecule has 0 spiro atoms. The van der Waals surface area contributed by atoms with Crippen LogP contribution in [0.15, 0.2) is 18.2 Å². The van der Waals surface area contributed by atoms with Crippen molar-refractivity contribution in [1.29, 1.82) is 5.26 Å². The summed E-state index contributed by atoms with van der Waals surface area (Å²) in [6.07, 6.45) is 3.16. The monoisotopic (exact) mass is 235 g/mol. The van der Waals surface area contributed by atoms with E-state index in [1.54, 1.807) is 6.07 Å². The first-order chi connectivity index (χ1) is 7.71. The molecule has 0 aliphatic rings. The fraction of sp³-hybridized carbons (Fsp3) is 0.417. The summed E-state index contributed by atoms with van der Waals surface area (Å²) in [5.41, 5.74) is 7.80. The van der Waals surface area contributed by atoms with Crippen molar-refractivity contribution >= 4 is 23.1 Å². The molecular formula is C12H17N3S. The maximum Gasteiger partial charge on any atom is 0.101 e. The van der Waals surface area contributed by atoms with Gasteiger partial charge < -0.3 is 11.1 Å². The normalized spacial score (nSPS) is 11.8. The number of hydrogen-bond donors (Lipinski definition) is 2. The second-order valence-corrected chi connectivity index (χ2v) is 4.53. The van der Waals surface area contributed by atoms with Crippen LogP contribution in [0.4, 0.5) is 11.4 Å². The number of anilines is 2. The number of nitrogens with one attached hydrogen (secondary N) is 1. The van der Waals surface area contributed by atoms with Crippen molar-refractivity contribution in [2.75, 3.05) is 23.1 Å². The first-order valence-corrected chi connectivity index (χ1v) is 6.65. The summed E-state index contributed by atoms with van der Waals surface area (Å²) in [7, 11) is 0. The molecule has 3 N–H and O–H groups in total. The third-order valence-electron chi connectivity index (χ3n) is 2.40. The van der Waals surface area contributed by atoms with Crippen LogP contribution in [0.2, 0.25) is 0 Å². The third kappa shape index (κ3) is 3.35. The predicted molar refractivity (Wildman–Crippen MR) is 71.7 cm³/mol. The van der Waals surface area contributed by atoms with Crippen LogP contribution in [0.5, 0.6) is 0 Å². The average molecular weight is 235 g/mol. The highest BCUT2D eigenvalue weighted by Crippen LogP contribution is 2.19. The Hall–Kier alpha value is -1.34. The highest BCUT2D eigenvalue weighted by atomic mass is 32.2. The van der Waals surface area contributed by atoms with Gasteiger partial charge in [-0.1, -0.05) is 6.92 Å². The molecule has 0 saturated carbocycles. The van der Waals surface area contributed by atoms with Crippen LogP contribution in [-0.2, 0) is 0 Å². The zero-order chi connectivity index (χ0) is 12.0. The maximum absolute atomic E-state index is 8.77. The van der Waals surface area contributed by atoms with E-state index in [2.05, 4.69) is 24.6 Å². The molecule has 0 amide bonds. The maximum atomic E-state index is 8.77. The van der Waals surface area contributed by atoms with E-state index in [-0.39, 0.29) is 0 Å². The molecule has 0 saturated heterocycles. The lowest BCUT2D eigenvalue weighted by atomic mass is 10.1.